The molecular formula is C26H34N6O2S. The van der Waals surface area contributed by atoms with Crippen LogP contribution in [0.5, 0.6) is 0 Å². The van der Waals surface area contributed by atoms with Gasteiger partial charge in [0.2, 0.25) is 0 Å². The lowest BCUT2D eigenvalue weighted by atomic mass is 9.86. The molecule has 0 saturated carbocycles. The first-order valence-corrected chi connectivity index (χ1v) is 13.0. The number of nitrogens with two attached hydrogens (primary N) is 1. The van der Waals surface area contributed by atoms with E-state index < -0.39 is 5.72 Å². The van der Waals surface area contributed by atoms with Crippen LogP contribution >= 0.6 is 11.8 Å². The van der Waals surface area contributed by atoms with E-state index in [4.69, 9.17) is 5.73 Å². The van der Waals surface area contributed by atoms with Gasteiger partial charge in [0.1, 0.15) is 11.6 Å². The van der Waals surface area contributed by atoms with Gasteiger partial charge in [-0.2, -0.15) is 0 Å². The predicted octanol–water partition coefficient (Wildman–Crippen LogP) is 1.65. The summed E-state index contributed by atoms with van der Waals surface area (Å²) in [5, 5.41) is 17.5. The number of likely N-dealkylation sites (N-methyl/N-ethyl adjacent to an activating group) is 1. The van der Waals surface area contributed by atoms with Crippen molar-refractivity contribution in [2.75, 3.05) is 46.4 Å². The summed E-state index contributed by atoms with van der Waals surface area (Å²) in [6.07, 6.45) is 0. The van der Waals surface area contributed by atoms with Gasteiger partial charge in [0, 0.05) is 36.6 Å². The van der Waals surface area contributed by atoms with Gasteiger partial charge in [0.25, 0.3) is 5.91 Å². The minimum atomic E-state index is -1.09. The fourth-order valence-electron chi connectivity index (χ4n) is 5.13. The molecule has 2 aromatic carbocycles. The predicted molar refractivity (Wildman–Crippen MR) is 141 cm³/mol. The zero-order valence-corrected chi connectivity index (χ0v) is 21.4. The average molecular weight is 495 g/mol. The van der Waals surface area contributed by atoms with Crippen LogP contribution in [0.3, 0.4) is 0 Å². The van der Waals surface area contributed by atoms with E-state index in [1.807, 2.05) is 29.2 Å². The van der Waals surface area contributed by atoms with Crippen molar-refractivity contribution in [2.24, 2.45) is 10.7 Å². The highest BCUT2D eigenvalue weighted by Crippen LogP contribution is 2.50. The van der Waals surface area contributed by atoms with Gasteiger partial charge in [0.15, 0.2) is 0 Å². The number of fused-ring (bicyclic) bond motifs is 3. The summed E-state index contributed by atoms with van der Waals surface area (Å²) < 4.78 is 0. The highest BCUT2D eigenvalue weighted by Gasteiger charge is 2.47. The molecule has 8 nitrogen and oxygen atoms in total. The van der Waals surface area contributed by atoms with Gasteiger partial charge in [-0.25, -0.2) is 0 Å². The molecule has 5 rings (SSSR count). The van der Waals surface area contributed by atoms with Gasteiger partial charge in [-0.3, -0.25) is 20.0 Å². The average Bonchev–Trinajstić information content (AvgIpc) is 3.16. The third-order valence-corrected chi connectivity index (χ3v) is 9.05. The zero-order valence-electron chi connectivity index (χ0n) is 20.5. The molecule has 2 aromatic rings. The number of benzene rings is 2. The van der Waals surface area contributed by atoms with Crippen molar-refractivity contribution < 1.29 is 9.90 Å². The van der Waals surface area contributed by atoms with E-state index in [2.05, 4.69) is 52.7 Å². The molecule has 1 fully saturated rings. The Morgan fingerprint density at radius 3 is 2.77 bits per heavy atom. The Morgan fingerprint density at radius 1 is 1.26 bits per heavy atom. The number of amidine groups is 1. The Bertz CT molecular complexity index is 1160. The molecule has 3 heterocycles. The molecule has 3 unspecified atom stereocenters. The summed E-state index contributed by atoms with van der Waals surface area (Å²) in [6, 6.07) is 14.1. The molecule has 5 N–H and O–H groups in total. The Morgan fingerprint density at radius 2 is 2.00 bits per heavy atom. The lowest BCUT2D eigenvalue weighted by Gasteiger charge is -2.41. The number of aliphatic imine (C=N–C) groups is 1. The van der Waals surface area contributed by atoms with E-state index in [-0.39, 0.29) is 23.2 Å². The van der Waals surface area contributed by atoms with Crippen LogP contribution in [0.2, 0.25) is 0 Å². The topological polar surface area (TPSA) is 106 Å². The molecule has 0 aromatic heterocycles. The summed E-state index contributed by atoms with van der Waals surface area (Å²) in [6.45, 7) is 8.00. The van der Waals surface area contributed by atoms with Crippen molar-refractivity contribution >= 4 is 23.5 Å². The third-order valence-electron chi connectivity index (χ3n) is 7.51. The first-order chi connectivity index (χ1) is 16.7. The third kappa shape index (κ3) is 4.59. The Hall–Kier alpha value is -2.43. The van der Waals surface area contributed by atoms with Crippen molar-refractivity contribution in [3.8, 4) is 11.1 Å². The van der Waals surface area contributed by atoms with Crippen molar-refractivity contribution in [1.82, 2.24) is 20.4 Å². The number of amides is 1. The number of carbonyl (C=O) groups excluding carboxylic acids is 1. The molecule has 1 saturated heterocycles. The number of nitrogens with zero attached hydrogens (tertiary/aromatic N) is 3. The summed E-state index contributed by atoms with van der Waals surface area (Å²) in [5.74, 6) is 0.489. The Labute approximate surface area is 211 Å². The highest BCUT2D eigenvalue weighted by atomic mass is 32.2. The van der Waals surface area contributed by atoms with Crippen LogP contribution in [0.4, 0.5) is 0 Å². The van der Waals surface area contributed by atoms with Crippen molar-refractivity contribution in [3.63, 3.8) is 0 Å². The number of hydrogen-bond donors (Lipinski definition) is 4. The second-order valence-electron chi connectivity index (χ2n) is 10.1. The van der Waals surface area contributed by atoms with Crippen molar-refractivity contribution in [3.05, 3.63) is 53.6 Å². The van der Waals surface area contributed by atoms with E-state index in [1.165, 1.54) is 10.5 Å². The summed E-state index contributed by atoms with van der Waals surface area (Å²) >= 11 is 1.74. The van der Waals surface area contributed by atoms with Crippen LogP contribution in [0.1, 0.15) is 29.8 Å². The van der Waals surface area contributed by atoms with Crippen molar-refractivity contribution in [2.45, 2.75) is 35.3 Å². The summed E-state index contributed by atoms with van der Waals surface area (Å²) in [7, 11) is 2.08. The van der Waals surface area contributed by atoms with Gasteiger partial charge in [0.05, 0.1) is 24.0 Å². The van der Waals surface area contributed by atoms with Crippen LogP contribution in [-0.2, 0) is 5.54 Å². The van der Waals surface area contributed by atoms with Crippen LogP contribution in [-0.4, -0.2) is 84.1 Å². The maximum Gasteiger partial charge on any atom is 0.251 e. The fourth-order valence-corrected chi connectivity index (χ4v) is 6.62. The molecule has 186 valence electrons. The highest BCUT2D eigenvalue weighted by molar-refractivity contribution is 8.01. The number of piperazine rings is 1. The maximum absolute atomic E-state index is 13.0. The SMILES string of the molecule is CN1CCN(C(C)(O)CNC(=O)c2cccc(-c3ccc4c(c3)SC3C(N)=NCNC43C)c2)CC1. The number of aliphatic hydroxyl groups is 1. The van der Waals surface area contributed by atoms with Gasteiger partial charge in [-0.15, -0.1) is 11.8 Å². The van der Waals surface area contributed by atoms with E-state index in [9.17, 15) is 9.90 Å². The monoisotopic (exact) mass is 494 g/mol. The van der Waals surface area contributed by atoms with E-state index in [1.54, 1.807) is 18.7 Å². The van der Waals surface area contributed by atoms with Crippen LogP contribution in [0, 0.1) is 0 Å². The second kappa shape index (κ2) is 9.22. The number of rotatable bonds is 5. The molecule has 35 heavy (non-hydrogen) atoms. The van der Waals surface area contributed by atoms with Crippen molar-refractivity contribution in [1.29, 1.82) is 0 Å². The quantitative estimate of drug-likeness (QED) is 0.501. The number of hydrogen-bond acceptors (Lipinski definition) is 8. The lowest BCUT2D eigenvalue weighted by Crippen LogP contribution is -2.59. The number of thioether (sulfide) groups is 1. The molecule has 9 heteroatoms. The minimum absolute atomic E-state index is 0.0757. The lowest BCUT2D eigenvalue weighted by molar-refractivity contribution is -0.104. The summed E-state index contributed by atoms with van der Waals surface area (Å²) in [4.78, 5) is 22.8. The molecule has 3 aliphatic rings. The van der Waals surface area contributed by atoms with E-state index in [0.29, 0.717) is 18.1 Å². The molecule has 0 spiro atoms. The van der Waals surface area contributed by atoms with Gasteiger partial charge in [-0.05, 0) is 55.8 Å². The number of carbonyl (C=O) groups is 1. The minimum Gasteiger partial charge on any atom is -0.386 e. The second-order valence-corrected chi connectivity index (χ2v) is 11.2. The largest absolute Gasteiger partial charge is 0.386 e. The molecular weight excluding hydrogens is 460 g/mol. The Balaban J connectivity index is 1.30. The molecule has 1 amide bonds. The molecule has 0 aliphatic carbocycles. The fraction of sp³-hybridized carbons (Fsp3) is 0.462. The normalized spacial score (nSPS) is 26.4. The molecule has 3 aliphatic heterocycles. The summed E-state index contributed by atoms with van der Waals surface area (Å²) in [5.41, 5.74) is 8.73. The van der Waals surface area contributed by atoms with E-state index in [0.717, 1.165) is 37.3 Å². The first kappa shape index (κ1) is 24.3. The standard InChI is InChI=1S/C26H34N6O2S/c1-25(34,32-11-9-31(3)10-12-32)15-28-24(33)19-6-4-5-17(13-19)18-7-8-20-21(14-18)35-22-23(27)29-16-30-26(20,22)2/h4-8,13-14,22,30,34H,9-12,15-16H2,1-3H3,(H2,27,29)(H,28,33). The molecule has 3 atom stereocenters. The van der Waals surface area contributed by atoms with Gasteiger partial charge < -0.3 is 21.1 Å². The molecule has 0 radical (unpaired) electrons. The number of nitrogens with one attached hydrogen (secondary N) is 2. The van der Waals surface area contributed by atoms with Gasteiger partial charge >= 0.3 is 0 Å². The molecule has 0 bridgehead atoms. The van der Waals surface area contributed by atoms with E-state index >= 15 is 0 Å². The van der Waals surface area contributed by atoms with Crippen LogP contribution in [0.15, 0.2) is 52.4 Å². The Kier molecular flexibility index (Phi) is 6.39. The van der Waals surface area contributed by atoms with Crippen LogP contribution < -0.4 is 16.4 Å². The smallest absolute Gasteiger partial charge is 0.251 e. The van der Waals surface area contributed by atoms with Gasteiger partial charge in [-0.1, -0.05) is 24.3 Å². The van der Waals surface area contributed by atoms with Crippen LogP contribution in [0.25, 0.3) is 11.1 Å². The first-order valence-electron chi connectivity index (χ1n) is 12.1. The zero-order chi connectivity index (χ0) is 24.8. The maximum atomic E-state index is 13.0.